The van der Waals surface area contributed by atoms with E-state index in [0.717, 1.165) is 53.8 Å². The van der Waals surface area contributed by atoms with E-state index in [9.17, 15) is 0 Å². The lowest BCUT2D eigenvalue weighted by Gasteiger charge is -2.39. The standard InChI is InChI=1S/C25H26Cl2N2/c1-28-13-14-29(18-22(28)15-19-7-3-2-4-8-19)17-21-12-11-20(16-25(21)27)23-9-5-6-10-24(23)26/h2-12,16,22H,13-15,17-18H2,1H3/t22-/m0/s1. The molecule has 1 fully saturated rings. The molecule has 0 spiro atoms. The molecule has 150 valence electrons. The number of rotatable bonds is 5. The zero-order chi connectivity index (χ0) is 20.2. The van der Waals surface area contributed by atoms with Crippen LogP contribution in [0.5, 0.6) is 0 Å². The number of benzene rings is 3. The first kappa shape index (κ1) is 20.4. The monoisotopic (exact) mass is 424 g/mol. The van der Waals surface area contributed by atoms with Crippen molar-refractivity contribution in [2.45, 2.75) is 19.0 Å². The quantitative estimate of drug-likeness (QED) is 0.493. The smallest absolute Gasteiger partial charge is 0.0484 e. The molecule has 0 bridgehead atoms. The fourth-order valence-corrected chi connectivity index (χ4v) is 4.53. The van der Waals surface area contributed by atoms with Crippen molar-refractivity contribution in [2.24, 2.45) is 0 Å². The SMILES string of the molecule is CN1CCN(Cc2ccc(-c3ccccc3Cl)cc2Cl)C[C@@H]1Cc1ccccc1. The predicted octanol–water partition coefficient (Wildman–Crippen LogP) is 6.02. The zero-order valence-corrected chi connectivity index (χ0v) is 18.2. The van der Waals surface area contributed by atoms with Crippen molar-refractivity contribution in [3.8, 4) is 11.1 Å². The van der Waals surface area contributed by atoms with Gasteiger partial charge in [-0.2, -0.15) is 0 Å². The molecule has 0 aromatic heterocycles. The Morgan fingerprint density at radius 2 is 1.62 bits per heavy atom. The number of halogens is 2. The van der Waals surface area contributed by atoms with Crippen LogP contribution >= 0.6 is 23.2 Å². The molecule has 4 heteroatoms. The van der Waals surface area contributed by atoms with Crippen molar-refractivity contribution in [2.75, 3.05) is 26.7 Å². The summed E-state index contributed by atoms with van der Waals surface area (Å²) >= 11 is 13.0. The maximum Gasteiger partial charge on any atom is 0.0484 e. The second kappa shape index (κ2) is 9.32. The van der Waals surface area contributed by atoms with Crippen molar-refractivity contribution in [3.63, 3.8) is 0 Å². The van der Waals surface area contributed by atoms with Crippen molar-refractivity contribution >= 4 is 23.2 Å². The number of piperazine rings is 1. The number of likely N-dealkylation sites (N-methyl/N-ethyl adjacent to an activating group) is 1. The number of hydrogen-bond donors (Lipinski definition) is 0. The van der Waals surface area contributed by atoms with Gasteiger partial charge in [0.25, 0.3) is 0 Å². The molecular weight excluding hydrogens is 399 g/mol. The molecule has 1 aliphatic rings. The summed E-state index contributed by atoms with van der Waals surface area (Å²) in [6.07, 6.45) is 1.08. The highest BCUT2D eigenvalue weighted by Crippen LogP contribution is 2.31. The Hall–Kier alpha value is -1.84. The first-order valence-electron chi connectivity index (χ1n) is 10.1. The van der Waals surface area contributed by atoms with Gasteiger partial charge in [0, 0.05) is 47.8 Å². The molecule has 0 saturated carbocycles. The van der Waals surface area contributed by atoms with E-state index in [1.54, 1.807) is 0 Å². The van der Waals surface area contributed by atoms with Crippen LogP contribution in [0.4, 0.5) is 0 Å². The van der Waals surface area contributed by atoms with Crippen molar-refractivity contribution < 1.29 is 0 Å². The summed E-state index contributed by atoms with van der Waals surface area (Å²) in [4.78, 5) is 5.00. The summed E-state index contributed by atoms with van der Waals surface area (Å²) in [6, 6.07) is 25.5. The van der Waals surface area contributed by atoms with Crippen LogP contribution in [-0.2, 0) is 13.0 Å². The van der Waals surface area contributed by atoms with Crippen LogP contribution in [0.2, 0.25) is 10.0 Å². The van der Waals surface area contributed by atoms with Gasteiger partial charge in [0.2, 0.25) is 0 Å². The van der Waals surface area contributed by atoms with E-state index in [4.69, 9.17) is 23.2 Å². The Bertz CT molecular complexity index is 958. The second-order valence-corrected chi connectivity index (χ2v) is 8.66. The highest BCUT2D eigenvalue weighted by Gasteiger charge is 2.25. The van der Waals surface area contributed by atoms with Crippen LogP contribution in [0.25, 0.3) is 11.1 Å². The average Bonchev–Trinajstić information content (AvgIpc) is 2.73. The normalized spacial score (nSPS) is 18.1. The van der Waals surface area contributed by atoms with Crippen LogP contribution in [0.15, 0.2) is 72.8 Å². The molecule has 4 rings (SSSR count). The Kier molecular flexibility index (Phi) is 6.56. The molecule has 0 radical (unpaired) electrons. The lowest BCUT2D eigenvalue weighted by molar-refractivity contribution is 0.0905. The summed E-state index contributed by atoms with van der Waals surface area (Å²) in [5, 5.41) is 1.56. The van der Waals surface area contributed by atoms with Gasteiger partial charge in [0.1, 0.15) is 0 Å². The van der Waals surface area contributed by atoms with Gasteiger partial charge in [-0.15, -0.1) is 0 Å². The zero-order valence-electron chi connectivity index (χ0n) is 16.7. The topological polar surface area (TPSA) is 6.48 Å². The van der Waals surface area contributed by atoms with Gasteiger partial charge >= 0.3 is 0 Å². The van der Waals surface area contributed by atoms with Gasteiger partial charge in [0.15, 0.2) is 0 Å². The third-order valence-electron chi connectivity index (χ3n) is 5.81. The van der Waals surface area contributed by atoms with Crippen LogP contribution < -0.4 is 0 Å². The Morgan fingerprint density at radius 3 is 2.38 bits per heavy atom. The van der Waals surface area contributed by atoms with Crippen LogP contribution in [-0.4, -0.2) is 42.5 Å². The van der Waals surface area contributed by atoms with Gasteiger partial charge in [0.05, 0.1) is 0 Å². The van der Waals surface area contributed by atoms with E-state index in [2.05, 4.69) is 59.3 Å². The maximum atomic E-state index is 6.67. The maximum absolute atomic E-state index is 6.67. The molecule has 1 saturated heterocycles. The summed E-state index contributed by atoms with van der Waals surface area (Å²) < 4.78 is 0. The van der Waals surface area contributed by atoms with Gasteiger partial charge in [-0.1, -0.05) is 83.9 Å². The molecule has 0 unspecified atom stereocenters. The van der Waals surface area contributed by atoms with Crippen molar-refractivity contribution in [1.29, 1.82) is 0 Å². The van der Waals surface area contributed by atoms with Gasteiger partial charge in [-0.05, 0) is 42.3 Å². The van der Waals surface area contributed by atoms with E-state index < -0.39 is 0 Å². The van der Waals surface area contributed by atoms with Crippen molar-refractivity contribution in [1.82, 2.24) is 9.80 Å². The first-order chi connectivity index (χ1) is 14.1. The molecule has 3 aromatic carbocycles. The highest BCUT2D eigenvalue weighted by atomic mass is 35.5. The molecule has 3 aromatic rings. The van der Waals surface area contributed by atoms with E-state index >= 15 is 0 Å². The van der Waals surface area contributed by atoms with Crippen LogP contribution in [0.1, 0.15) is 11.1 Å². The third kappa shape index (κ3) is 5.02. The van der Waals surface area contributed by atoms with Gasteiger partial charge in [-0.25, -0.2) is 0 Å². The first-order valence-corrected chi connectivity index (χ1v) is 10.9. The third-order valence-corrected chi connectivity index (χ3v) is 6.49. The van der Waals surface area contributed by atoms with Crippen molar-refractivity contribution in [3.05, 3.63) is 94.0 Å². The minimum atomic E-state index is 0.521. The van der Waals surface area contributed by atoms with E-state index in [-0.39, 0.29) is 0 Å². The largest absolute Gasteiger partial charge is 0.301 e. The lowest BCUT2D eigenvalue weighted by atomic mass is 10.0. The van der Waals surface area contributed by atoms with E-state index in [0.29, 0.717) is 6.04 Å². The molecule has 0 N–H and O–H groups in total. The van der Waals surface area contributed by atoms with Gasteiger partial charge in [-0.3, -0.25) is 4.90 Å². The Labute approximate surface area is 183 Å². The molecule has 1 atom stereocenters. The minimum Gasteiger partial charge on any atom is -0.301 e. The molecule has 0 aliphatic carbocycles. The molecule has 1 heterocycles. The number of hydrogen-bond acceptors (Lipinski definition) is 2. The second-order valence-electron chi connectivity index (χ2n) is 7.85. The van der Waals surface area contributed by atoms with E-state index in [1.807, 2.05) is 30.3 Å². The minimum absolute atomic E-state index is 0.521. The average molecular weight is 425 g/mol. The fraction of sp³-hybridized carbons (Fsp3) is 0.280. The Morgan fingerprint density at radius 1 is 0.862 bits per heavy atom. The molecule has 2 nitrogen and oxygen atoms in total. The van der Waals surface area contributed by atoms with Crippen LogP contribution in [0, 0.1) is 0 Å². The summed E-state index contributed by atoms with van der Waals surface area (Å²) in [5.41, 5.74) is 4.65. The summed E-state index contributed by atoms with van der Waals surface area (Å²) in [7, 11) is 2.23. The van der Waals surface area contributed by atoms with Crippen LogP contribution in [0.3, 0.4) is 0 Å². The molecular formula is C25H26Cl2N2. The molecule has 29 heavy (non-hydrogen) atoms. The fourth-order valence-electron chi connectivity index (χ4n) is 4.04. The highest BCUT2D eigenvalue weighted by molar-refractivity contribution is 6.34. The predicted molar refractivity (Wildman–Crippen MR) is 124 cm³/mol. The molecule has 0 amide bonds. The molecule has 1 aliphatic heterocycles. The summed E-state index contributed by atoms with van der Waals surface area (Å²) in [6.45, 7) is 4.06. The van der Waals surface area contributed by atoms with E-state index in [1.165, 1.54) is 11.1 Å². The number of nitrogens with zero attached hydrogens (tertiary/aromatic N) is 2. The Balaban J connectivity index is 1.45. The summed E-state index contributed by atoms with van der Waals surface area (Å²) in [5.74, 6) is 0. The lowest BCUT2D eigenvalue weighted by Crippen LogP contribution is -2.51. The van der Waals surface area contributed by atoms with Gasteiger partial charge < -0.3 is 4.90 Å².